The van der Waals surface area contributed by atoms with Crippen molar-refractivity contribution in [3.63, 3.8) is 0 Å². The van der Waals surface area contributed by atoms with Crippen LogP contribution in [0.4, 0.5) is 0 Å². The Morgan fingerprint density at radius 3 is 2.20 bits per heavy atom. The number of rotatable bonds is 6. The van der Waals surface area contributed by atoms with Gasteiger partial charge in [-0.05, 0) is 20.8 Å². The Morgan fingerprint density at radius 1 is 1.13 bits per heavy atom. The van der Waals surface area contributed by atoms with E-state index >= 15 is 0 Å². The molecule has 0 spiro atoms. The summed E-state index contributed by atoms with van der Waals surface area (Å²) in [7, 11) is 0. The molecule has 88 valence electrons. The van der Waals surface area contributed by atoms with Crippen molar-refractivity contribution in [3.8, 4) is 0 Å². The highest BCUT2D eigenvalue weighted by Crippen LogP contribution is 1.97. The van der Waals surface area contributed by atoms with Crippen molar-refractivity contribution in [1.82, 2.24) is 10.6 Å². The fraction of sp³-hybridized carbons (Fsp3) is 0.800. The van der Waals surface area contributed by atoms with E-state index in [1.807, 2.05) is 20.8 Å². The Labute approximate surface area is 90.8 Å². The lowest BCUT2D eigenvalue weighted by Gasteiger charge is -2.20. The van der Waals surface area contributed by atoms with Gasteiger partial charge in [-0.3, -0.25) is 9.59 Å². The van der Waals surface area contributed by atoms with E-state index in [0.29, 0.717) is 19.5 Å². The third-order valence-electron chi connectivity index (χ3n) is 1.70. The third kappa shape index (κ3) is 10.8. The third-order valence-corrected chi connectivity index (χ3v) is 1.70. The smallest absolute Gasteiger partial charge is 0.221 e. The second-order valence-electron chi connectivity index (χ2n) is 4.49. The number of primary amides is 1. The maximum absolute atomic E-state index is 11.2. The van der Waals surface area contributed by atoms with Gasteiger partial charge in [0, 0.05) is 31.5 Å². The number of carbonyl (C=O) groups is 2. The summed E-state index contributed by atoms with van der Waals surface area (Å²) in [6.45, 7) is 7.07. The van der Waals surface area contributed by atoms with Crippen molar-refractivity contribution in [3.05, 3.63) is 0 Å². The molecule has 0 saturated carbocycles. The summed E-state index contributed by atoms with van der Waals surface area (Å²) < 4.78 is 0. The first kappa shape index (κ1) is 13.9. The minimum absolute atomic E-state index is 0.0213. The Hall–Kier alpha value is -1.10. The molecule has 0 aromatic rings. The van der Waals surface area contributed by atoms with Gasteiger partial charge in [-0.1, -0.05) is 0 Å². The van der Waals surface area contributed by atoms with Crippen LogP contribution in [-0.2, 0) is 9.59 Å². The van der Waals surface area contributed by atoms with Crippen LogP contribution in [0.15, 0.2) is 0 Å². The average molecular weight is 215 g/mol. The van der Waals surface area contributed by atoms with E-state index < -0.39 is 5.91 Å². The lowest BCUT2D eigenvalue weighted by atomic mass is 10.1. The molecule has 0 fully saturated rings. The van der Waals surface area contributed by atoms with Gasteiger partial charge in [0.15, 0.2) is 0 Å². The van der Waals surface area contributed by atoms with Crippen molar-refractivity contribution in [2.24, 2.45) is 5.73 Å². The molecule has 0 saturated heterocycles. The van der Waals surface area contributed by atoms with Crippen molar-refractivity contribution < 1.29 is 9.59 Å². The van der Waals surface area contributed by atoms with Crippen LogP contribution in [0.5, 0.6) is 0 Å². The van der Waals surface area contributed by atoms with Gasteiger partial charge in [0.25, 0.3) is 0 Å². The zero-order chi connectivity index (χ0) is 11.9. The maximum Gasteiger partial charge on any atom is 0.221 e. The van der Waals surface area contributed by atoms with Crippen LogP contribution in [0.3, 0.4) is 0 Å². The van der Waals surface area contributed by atoms with Crippen molar-refractivity contribution in [1.29, 1.82) is 0 Å². The Bertz CT molecular complexity index is 221. The van der Waals surface area contributed by atoms with Gasteiger partial charge in [-0.25, -0.2) is 0 Å². The molecule has 0 aliphatic carbocycles. The molecule has 0 rings (SSSR count). The highest BCUT2D eigenvalue weighted by molar-refractivity contribution is 5.78. The fourth-order valence-corrected chi connectivity index (χ4v) is 0.965. The van der Waals surface area contributed by atoms with Crippen LogP contribution in [0.2, 0.25) is 0 Å². The average Bonchev–Trinajstić information content (AvgIpc) is 2.00. The Balaban J connectivity index is 3.46. The second-order valence-corrected chi connectivity index (χ2v) is 4.49. The molecular formula is C10H21N3O2. The predicted octanol–water partition coefficient (Wildman–Crippen LogP) is -0.244. The summed E-state index contributed by atoms with van der Waals surface area (Å²) in [5.74, 6) is -0.462. The number of nitrogens with two attached hydrogens (primary N) is 1. The molecule has 0 aromatic heterocycles. The van der Waals surface area contributed by atoms with E-state index in [9.17, 15) is 9.59 Å². The standard InChI is InChI=1S/C10H21N3O2/c1-10(2,3)13-7-5-9(15)12-6-4-8(11)14/h13H,4-7H2,1-3H3,(H2,11,14)(H,12,15). The van der Waals surface area contributed by atoms with Crippen LogP contribution in [0.1, 0.15) is 33.6 Å². The Morgan fingerprint density at radius 2 is 1.73 bits per heavy atom. The summed E-state index contributed by atoms with van der Waals surface area (Å²) >= 11 is 0. The summed E-state index contributed by atoms with van der Waals surface area (Å²) in [6.07, 6.45) is 0.606. The molecule has 0 atom stereocenters. The molecule has 0 heterocycles. The highest BCUT2D eigenvalue weighted by atomic mass is 16.2. The quantitative estimate of drug-likeness (QED) is 0.571. The first-order valence-electron chi connectivity index (χ1n) is 5.11. The number of amides is 2. The molecule has 0 aliphatic rings. The molecule has 5 heteroatoms. The zero-order valence-electron chi connectivity index (χ0n) is 9.72. The SMILES string of the molecule is CC(C)(C)NCCC(=O)NCCC(N)=O. The first-order valence-corrected chi connectivity index (χ1v) is 5.11. The van der Waals surface area contributed by atoms with Crippen molar-refractivity contribution >= 4 is 11.8 Å². The zero-order valence-corrected chi connectivity index (χ0v) is 9.72. The molecule has 0 radical (unpaired) electrons. The summed E-state index contributed by atoms with van der Waals surface area (Å²) in [4.78, 5) is 21.6. The number of nitrogens with one attached hydrogen (secondary N) is 2. The van der Waals surface area contributed by atoms with Crippen LogP contribution in [-0.4, -0.2) is 30.4 Å². The highest BCUT2D eigenvalue weighted by Gasteiger charge is 2.09. The fourth-order valence-electron chi connectivity index (χ4n) is 0.965. The van der Waals surface area contributed by atoms with Gasteiger partial charge in [0.1, 0.15) is 0 Å². The van der Waals surface area contributed by atoms with Gasteiger partial charge in [0.05, 0.1) is 0 Å². The molecule has 4 N–H and O–H groups in total. The van der Waals surface area contributed by atoms with E-state index in [1.165, 1.54) is 0 Å². The van der Waals surface area contributed by atoms with Gasteiger partial charge >= 0.3 is 0 Å². The van der Waals surface area contributed by atoms with Crippen LogP contribution in [0.25, 0.3) is 0 Å². The number of hydrogen-bond acceptors (Lipinski definition) is 3. The molecule has 0 aromatic carbocycles. The maximum atomic E-state index is 11.2. The summed E-state index contributed by atoms with van der Waals surface area (Å²) in [5, 5.41) is 5.82. The van der Waals surface area contributed by atoms with Gasteiger partial charge in [0.2, 0.25) is 11.8 Å². The number of carbonyl (C=O) groups excluding carboxylic acids is 2. The summed E-state index contributed by atoms with van der Waals surface area (Å²) in [6, 6.07) is 0. The van der Waals surface area contributed by atoms with E-state index in [2.05, 4.69) is 10.6 Å². The molecule has 15 heavy (non-hydrogen) atoms. The van der Waals surface area contributed by atoms with Crippen LogP contribution in [0, 0.1) is 0 Å². The molecule has 0 aliphatic heterocycles. The van der Waals surface area contributed by atoms with Crippen LogP contribution >= 0.6 is 0 Å². The van der Waals surface area contributed by atoms with Crippen LogP contribution < -0.4 is 16.4 Å². The topological polar surface area (TPSA) is 84.2 Å². The monoisotopic (exact) mass is 215 g/mol. The molecule has 0 bridgehead atoms. The van der Waals surface area contributed by atoms with E-state index in [0.717, 1.165) is 0 Å². The van der Waals surface area contributed by atoms with Crippen molar-refractivity contribution in [2.45, 2.75) is 39.2 Å². The lowest BCUT2D eigenvalue weighted by Crippen LogP contribution is -2.38. The molecular weight excluding hydrogens is 194 g/mol. The van der Waals surface area contributed by atoms with Crippen molar-refractivity contribution in [2.75, 3.05) is 13.1 Å². The first-order chi connectivity index (χ1) is 6.81. The van der Waals surface area contributed by atoms with Gasteiger partial charge < -0.3 is 16.4 Å². The molecule has 0 unspecified atom stereocenters. The minimum Gasteiger partial charge on any atom is -0.370 e. The minimum atomic E-state index is -0.400. The lowest BCUT2D eigenvalue weighted by molar-refractivity contribution is -0.121. The van der Waals surface area contributed by atoms with E-state index in [1.54, 1.807) is 0 Å². The summed E-state index contributed by atoms with van der Waals surface area (Å²) in [5.41, 5.74) is 4.95. The molecule has 5 nitrogen and oxygen atoms in total. The van der Waals surface area contributed by atoms with E-state index in [4.69, 9.17) is 5.73 Å². The van der Waals surface area contributed by atoms with E-state index in [-0.39, 0.29) is 17.9 Å². The Kier molecular flexibility index (Phi) is 5.93. The predicted molar refractivity (Wildman–Crippen MR) is 59.2 cm³/mol. The van der Waals surface area contributed by atoms with Gasteiger partial charge in [-0.2, -0.15) is 0 Å². The largest absolute Gasteiger partial charge is 0.370 e. The second kappa shape index (κ2) is 6.40. The molecule has 2 amide bonds. The normalized spacial score (nSPS) is 11.1. The number of hydrogen-bond donors (Lipinski definition) is 3. The van der Waals surface area contributed by atoms with Gasteiger partial charge in [-0.15, -0.1) is 0 Å².